The standard InChI is InChI=1S/C18H32O15/c1-4-7(20)9(22)13(26)17(30-4)29-3-6-8(21)10(23)14(27)18(32-6)33-15-5(2-19)31-16(28)12(25)11(15)24/h4-28H,2-3H2,1H3/t4-,5+,6+,7+,8-,9+,10-,11+,12+,13-,14+,15+,16-,17?,18-/m0/s1. The first-order valence-corrected chi connectivity index (χ1v) is 10.4. The van der Waals surface area contributed by atoms with Gasteiger partial charge in [-0.05, 0) is 6.92 Å². The second-order valence-corrected chi connectivity index (χ2v) is 8.36. The molecule has 15 nitrogen and oxygen atoms in total. The van der Waals surface area contributed by atoms with Crippen LogP contribution in [0.2, 0.25) is 0 Å². The van der Waals surface area contributed by atoms with E-state index >= 15 is 0 Å². The summed E-state index contributed by atoms with van der Waals surface area (Å²) in [5, 5.41) is 99.4. The van der Waals surface area contributed by atoms with Crippen LogP contribution in [-0.2, 0) is 23.7 Å². The van der Waals surface area contributed by atoms with Crippen LogP contribution in [-0.4, -0.2) is 156 Å². The molecule has 3 aliphatic heterocycles. The fraction of sp³-hybridized carbons (Fsp3) is 1.00. The van der Waals surface area contributed by atoms with Crippen LogP contribution in [0.3, 0.4) is 0 Å². The second kappa shape index (κ2) is 11.0. The highest BCUT2D eigenvalue weighted by Gasteiger charge is 2.51. The maximum Gasteiger partial charge on any atom is 0.187 e. The lowest BCUT2D eigenvalue weighted by atomic mass is 9.97. The number of aliphatic hydroxyl groups excluding tert-OH is 10. The Hall–Kier alpha value is -0.600. The van der Waals surface area contributed by atoms with Crippen molar-refractivity contribution in [3.8, 4) is 0 Å². The van der Waals surface area contributed by atoms with Crippen LogP contribution >= 0.6 is 0 Å². The molecule has 0 aromatic heterocycles. The van der Waals surface area contributed by atoms with Crippen LogP contribution < -0.4 is 0 Å². The molecule has 0 radical (unpaired) electrons. The maximum atomic E-state index is 10.3. The van der Waals surface area contributed by atoms with Gasteiger partial charge in [-0.2, -0.15) is 0 Å². The minimum atomic E-state index is -1.83. The number of hydrogen-bond donors (Lipinski definition) is 10. The van der Waals surface area contributed by atoms with Gasteiger partial charge in [0.1, 0.15) is 67.1 Å². The number of aliphatic hydroxyl groups is 10. The molecule has 0 spiro atoms. The summed E-state index contributed by atoms with van der Waals surface area (Å²) in [5.41, 5.74) is 0. The van der Waals surface area contributed by atoms with Crippen LogP contribution in [0.15, 0.2) is 0 Å². The van der Waals surface area contributed by atoms with Crippen molar-refractivity contribution in [3.05, 3.63) is 0 Å². The average Bonchev–Trinajstić information content (AvgIpc) is 2.79. The van der Waals surface area contributed by atoms with Gasteiger partial charge in [0.25, 0.3) is 0 Å². The molecule has 0 aromatic carbocycles. The van der Waals surface area contributed by atoms with Gasteiger partial charge in [0, 0.05) is 0 Å². The van der Waals surface area contributed by atoms with E-state index in [0.717, 1.165) is 0 Å². The van der Waals surface area contributed by atoms with Crippen LogP contribution in [0.5, 0.6) is 0 Å². The molecule has 15 atom stereocenters. The zero-order valence-corrected chi connectivity index (χ0v) is 17.6. The molecule has 194 valence electrons. The molecule has 0 aliphatic carbocycles. The Bertz CT molecular complexity index is 624. The molecular weight excluding hydrogens is 456 g/mol. The fourth-order valence-electron chi connectivity index (χ4n) is 3.90. The highest BCUT2D eigenvalue weighted by Crippen LogP contribution is 2.29. The van der Waals surface area contributed by atoms with Gasteiger partial charge in [-0.15, -0.1) is 0 Å². The smallest absolute Gasteiger partial charge is 0.187 e. The Morgan fingerprint density at radius 3 is 1.85 bits per heavy atom. The van der Waals surface area contributed by atoms with E-state index < -0.39 is 105 Å². The number of hydrogen-bond acceptors (Lipinski definition) is 15. The van der Waals surface area contributed by atoms with E-state index in [-0.39, 0.29) is 0 Å². The lowest BCUT2D eigenvalue weighted by Crippen LogP contribution is -2.64. The van der Waals surface area contributed by atoms with E-state index in [1.54, 1.807) is 0 Å². The quantitative estimate of drug-likeness (QED) is 0.167. The Morgan fingerprint density at radius 2 is 1.21 bits per heavy atom. The van der Waals surface area contributed by atoms with Crippen molar-refractivity contribution in [3.63, 3.8) is 0 Å². The van der Waals surface area contributed by atoms with Crippen molar-refractivity contribution in [2.75, 3.05) is 13.2 Å². The van der Waals surface area contributed by atoms with Gasteiger partial charge in [-0.25, -0.2) is 0 Å². The molecule has 0 saturated carbocycles. The van der Waals surface area contributed by atoms with Gasteiger partial charge < -0.3 is 74.7 Å². The summed E-state index contributed by atoms with van der Waals surface area (Å²) < 4.78 is 26.5. The van der Waals surface area contributed by atoms with Gasteiger partial charge in [-0.3, -0.25) is 0 Å². The monoisotopic (exact) mass is 488 g/mol. The normalized spacial score (nSPS) is 53.7. The Morgan fingerprint density at radius 1 is 0.606 bits per heavy atom. The highest BCUT2D eigenvalue weighted by atomic mass is 16.7. The Labute approximate surface area is 187 Å². The Kier molecular flexibility index (Phi) is 8.99. The lowest BCUT2D eigenvalue weighted by Gasteiger charge is -2.45. The molecule has 33 heavy (non-hydrogen) atoms. The summed E-state index contributed by atoms with van der Waals surface area (Å²) in [6.45, 7) is 0.165. The topological polar surface area (TPSA) is 248 Å². The summed E-state index contributed by atoms with van der Waals surface area (Å²) in [6.07, 6.45) is -23.5. The summed E-state index contributed by atoms with van der Waals surface area (Å²) >= 11 is 0. The Balaban J connectivity index is 1.66. The van der Waals surface area contributed by atoms with E-state index in [9.17, 15) is 51.1 Å². The van der Waals surface area contributed by atoms with Crippen LogP contribution in [0, 0.1) is 0 Å². The van der Waals surface area contributed by atoms with Crippen molar-refractivity contribution >= 4 is 0 Å². The third-order valence-electron chi connectivity index (χ3n) is 6.03. The van der Waals surface area contributed by atoms with E-state index in [4.69, 9.17) is 23.7 Å². The van der Waals surface area contributed by atoms with Gasteiger partial charge in [0.05, 0.1) is 19.3 Å². The largest absolute Gasteiger partial charge is 0.394 e. The first-order valence-electron chi connectivity index (χ1n) is 10.4. The lowest BCUT2D eigenvalue weighted by molar-refractivity contribution is -0.361. The molecule has 1 unspecified atom stereocenters. The molecule has 0 aromatic rings. The molecule has 0 amide bonds. The van der Waals surface area contributed by atoms with Crippen molar-refractivity contribution < 1.29 is 74.7 Å². The SMILES string of the molecule is C[C@@H]1OC(OC[C@H]2O[C@@H](O[C@H]3[C@H](O)[C@@H](O)[C@@H](O)O[C@@H]3CO)[C@H](O)[C@@H](O)[C@H]2O)[C@@H](O)[C@H](O)[C@@H]1O. The minimum absolute atomic E-state index is 0.531. The summed E-state index contributed by atoms with van der Waals surface area (Å²) in [5.74, 6) is 0. The van der Waals surface area contributed by atoms with Gasteiger partial charge in [-0.1, -0.05) is 0 Å². The van der Waals surface area contributed by atoms with E-state index in [0.29, 0.717) is 0 Å². The van der Waals surface area contributed by atoms with Crippen LogP contribution in [0.4, 0.5) is 0 Å². The maximum absolute atomic E-state index is 10.3. The van der Waals surface area contributed by atoms with E-state index in [1.165, 1.54) is 6.92 Å². The van der Waals surface area contributed by atoms with Gasteiger partial charge in [0.2, 0.25) is 0 Å². The number of ether oxygens (including phenoxy) is 5. The van der Waals surface area contributed by atoms with Crippen molar-refractivity contribution in [2.45, 2.75) is 99.0 Å². The van der Waals surface area contributed by atoms with Crippen LogP contribution in [0.1, 0.15) is 6.92 Å². The molecule has 3 fully saturated rings. The molecule has 0 bridgehead atoms. The van der Waals surface area contributed by atoms with E-state index in [2.05, 4.69) is 0 Å². The predicted octanol–water partition coefficient (Wildman–Crippen LogP) is -6.55. The molecule has 3 rings (SSSR count). The fourth-order valence-corrected chi connectivity index (χ4v) is 3.90. The third-order valence-corrected chi connectivity index (χ3v) is 6.03. The molecule has 3 heterocycles. The average molecular weight is 488 g/mol. The zero-order chi connectivity index (χ0) is 24.6. The van der Waals surface area contributed by atoms with Crippen molar-refractivity contribution in [2.24, 2.45) is 0 Å². The minimum Gasteiger partial charge on any atom is -0.394 e. The van der Waals surface area contributed by atoms with Gasteiger partial charge >= 0.3 is 0 Å². The van der Waals surface area contributed by atoms with Crippen LogP contribution in [0.25, 0.3) is 0 Å². The summed E-state index contributed by atoms with van der Waals surface area (Å²) in [6, 6.07) is 0. The summed E-state index contributed by atoms with van der Waals surface area (Å²) in [4.78, 5) is 0. The number of rotatable bonds is 6. The molecule has 15 heteroatoms. The predicted molar refractivity (Wildman–Crippen MR) is 99.8 cm³/mol. The zero-order valence-electron chi connectivity index (χ0n) is 17.6. The van der Waals surface area contributed by atoms with Crippen molar-refractivity contribution in [1.82, 2.24) is 0 Å². The molecule has 3 aliphatic rings. The van der Waals surface area contributed by atoms with Gasteiger partial charge in [0.15, 0.2) is 18.9 Å². The first-order chi connectivity index (χ1) is 15.5. The second-order valence-electron chi connectivity index (χ2n) is 8.36. The third kappa shape index (κ3) is 5.48. The first kappa shape index (κ1) is 27.0. The molecular formula is C18H32O15. The van der Waals surface area contributed by atoms with Crippen molar-refractivity contribution in [1.29, 1.82) is 0 Å². The molecule has 10 N–H and O–H groups in total. The molecule has 3 saturated heterocycles. The summed E-state index contributed by atoms with van der Waals surface area (Å²) in [7, 11) is 0. The highest BCUT2D eigenvalue weighted by molar-refractivity contribution is 4.94. The van der Waals surface area contributed by atoms with E-state index in [1.807, 2.05) is 0 Å².